The molecule has 1 saturated heterocycles. The number of benzene rings is 2. The fourth-order valence-corrected chi connectivity index (χ4v) is 4.90. The number of nitrogens with one attached hydrogen (secondary N) is 1. The number of nitrogens with zero attached hydrogens (tertiary/aromatic N) is 3. The standard InChI is InChI=1S/C27H24N4O3/c28-15-18-10-12-19(13-11-18)16-30-17-20(22-8-4-5-9-24(22)30)14-23-25(32)29-27(34)31(26(23)33)21-6-2-1-3-7-21/h4-5,8-14,17,21H,1-3,6-7,16H2,(H,29,32,34). The maximum Gasteiger partial charge on any atom is 0.331 e. The molecule has 2 heterocycles. The Hall–Kier alpha value is -4.18. The summed E-state index contributed by atoms with van der Waals surface area (Å²) in [6, 6.07) is 16.5. The van der Waals surface area contributed by atoms with E-state index in [2.05, 4.69) is 16.0 Å². The molecule has 0 spiro atoms. The molecule has 0 atom stereocenters. The van der Waals surface area contributed by atoms with Crippen LogP contribution in [0.25, 0.3) is 17.0 Å². The number of amides is 4. The highest BCUT2D eigenvalue weighted by atomic mass is 16.2. The molecule has 3 aromatic rings. The summed E-state index contributed by atoms with van der Waals surface area (Å²) in [4.78, 5) is 39.7. The van der Waals surface area contributed by atoms with Gasteiger partial charge in [0.2, 0.25) is 0 Å². The van der Waals surface area contributed by atoms with Gasteiger partial charge in [0.1, 0.15) is 5.57 Å². The third-order valence-corrected chi connectivity index (χ3v) is 6.63. The zero-order valence-corrected chi connectivity index (χ0v) is 18.7. The van der Waals surface area contributed by atoms with E-state index >= 15 is 0 Å². The van der Waals surface area contributed by atoms with Crippen LogP contribution in [0.3, 0.4) is 0 Å². The minimum absolute atomic E-state index is 0.0218. The van der Waals surface area contributed by atoms with Crippen LogP contribution in [0, 0.1) is 11.3 Å². The summed E-state index contributed by atoms with van der Waals surface area (Å²) >= 11 is 0. The van der Waals surface area contributed by atoms with E-state index in [1.807, 2.05) is 42.6 Å². The van der Waals surface area contributed by atoms with Crippen LogP contribution in [0.1, 0.15) is 48.8 Å². The Kier molecular flexibility index (Phi) is 5.72. The third-order valence-electron chi connectivity index (χ3n) is 6.63. The van der Waals surface area contributed by atoms with Crippen LogP contribution in [0.2, 0.25) is 0 Å². The van der Waals surface area contributed by atoms with E-state index in [0.29, 0.717) is 12.1 Å². The van der Waals surface area contributed by atoms with Crippen molar-refractivity contribution < 1.29 is 14.4 Å². The summed E-state index contributed by atoms with van der Waals surface area (Å²) in [5.74, 6) is -1.18. The molecule has 2 aromatic carbocycles. The first kappa shape index (κ1) is 21.7. The summed E-state index contributed by atoms with van der Waals surface area (Å²) in [5.41, 5.74) is 3.31. The van der Waals surface area contributed by atoms with Crippen molar-refractivity contribution in [3.63, 3.8) is 0 Å². The summed E-state index contributed by atoms with van der Waals surface area (Å²) in [6.07, 6.45) is 8.08. The summed E-state index contributed by atoms with van der Waals surface area (Å²) in [6.45, 7) is 0.572. The number of carbonyl (C=O) groups is 3. The van der Waals surface area contributed by atoms with Gasteiger partial charge < -0.3 is 4.57 Å². The molecule has 7 nitrogen and oxygen atoms in total. The molecule has 0 radical (unpaired) electrons. The number of aromatic nitrogens is 1. The fourth-order valence-electron chi connectivity index (χ4n) is 4.90. The number of imide groups is 2. The normalized spacial score (nSPS) is 18.4. The first-order chi connectivity index (χ1) is 16.5. The molecule has 7 heteroatoms. The Balaban J connectivity index is 1.51. The van der Waals surface area contributed by atoms with E-state index in [4.69, 9.17) is 5.26 Å². The maximum atomic E-state index is 13.3. The quantitative estimate of drug-likeness (QED) is 0.470. The van der Waals surface area contributed by atoms with Gasteiger partial charge >= 0.3 is 6.03 Å². The molecule has 170 valence electrons. The van der Waals surface area contributed by atoms with E-state index in [0.717, 1.165) is 54.1 Å². The molecule has 5 rings (SSSR count). The Labute approximate surface area is 197 Å². The van der Waals surface area contributed by atoms with Crippen LogP contribution in [0.5, 0.6) is 0 Å². The van der Waals surface area contributed by atoms with Crippen LogP contribution in [-0.4, -0.2) is 33.4 Å². The van der Waals surface area contributed by atoms with Crippen molar-refractivity contribution >= 4 is 34.8 Å². The van der Waals surface area contributed by atoms with Crippen molar-refractivity contribution in [1.82, 2.24) is 14.8 Å². The Morgan fingerprint density at radius 1 is 1.00 bits per heavy atom. The predicted octanol–water partition coefficient (Wildman–Crippen LogP) is 4.36. The van der Waals surface area contributed by atoms with Gasteiger partial charge in [-0.15, -0.1) is 0 Å². The number of fused-ring (bicyclic) bond motifs is 1. The molecule has 1 N–H and O–H groups in total. The van der Waals surface area contributed by atoms with Gasteiger partial charge in [-0.2, -0.15) is 5.26 Å². The van der Waals surface area contributed by atoms with Crippen molar-refractivity contribution in [2.75, 3.05) is 0 Å². The van der Waals surface area contributed by atoms with Crippen LogP contribution < -0.4 is 5.32 Å². The molecule has 2 fully saturated rings. The number of para-hydroxylation sites is 1. The fraction of sp³-hybridized carbons (Fsp3) is 0.259. The van der Waals surface area contributed by atoms with Gasteiger partial charge in [0.05, 0.1) is 11.6 Å². The second-order valence-electron chi connectivity index (χ2n) is 8.82. The van der Waals surface area contributed by atoms with Gasteiger partial charge in [0.15, 0.2) is 0 Å². The van der Waals surface area contributed by atoms with Gasteiger partial charge in [-0.3, -0.25) is 19.8 Å². The van der Waals surface area contributed by atoms with Crippen LogP contribution in [0.15, 0.2) is 60.3 Å². The first-order valence-electron chi connectivity index (χ1n) is 11.5. The largest absolute Gasteiger partial charge is 0.342 e. The second kappa shape index (κ2) is 8.99. The van der Waals surface area contributed by atoms with Crippen LogP contribution in [0.4, 0.5) is 4.79 Å². The monoisotopic (exact) mass is 452 g/mol. The van der Waals surface area contributed by atoms with Crippen molar-refractivity contribution in [3.05, 3.63) is 77.0 Å². The highest BCUT2D eigenvalue weighted by Gasteiger charge is 2.40. The van der Waals surface area contributed by atoms with Crippen molar-refractivity contribution in [1.29, 1.82) is 5.26 Å². The molecular weight excluding hydrogens is 428 g/mol. The average Bonchev–Trinajstić information content (AvgIpc) is 3.20. The molecule has 1 aromatic heterocycles. The summed E-state index contributed by atoms with van der Waals surface area (Å²) in [7, 11) is 0. The molecule has 4 amide bonds. The van der Waals surface area contributed by atoms with Gasteiger partial charge in [0, 0.05) is 35.2 Å². The zero-order chi connectivity index (χ0) is 23.7. The maximum absolute atomic E-state index is 13.3. The lowest BCUT2D eigenvalue weighted by Gasteiger charge is -2.35. The lowest BCUT2D eigenvalue weighted by atomic mass is 9.93. The van der Waals surface area contributed by atoms with Gasteiger partial charge in [-0.25, -0.2) is 4.79 Å². The van der Waals surface area contributed by atoms with Gasteiger partial charge in [-0.05, 0) is 42.7 Å². The van der Waals surface area contributed by atoms with E-state index in [-0.39, 0.29) is 11.6 Å². The minimum atomic E-state index is -0.661. The van der Waals surface area contributed by atoms with Gasteiger partial charge in [0.25, 0.3) is 11.8 Å². The molecular formula is C27H24N4O3. The van der Waals surface area contributed by atoms with Crippen molar-refractivity contribution in [2.24, 2.45) is 0 Å². The topological polar surface area (TPSA) is 95.2 Å². The number of hydrogen-bond donors (Lipinski definition) is 1. The zero-order valence-electron chi connectivity index (χ0n) is 18.7. The lowest BCUT2D eigenvalue weighted by molar-refractivity contribution is -0.132. The number of nitriles is 1. The van der Waals surface area contributed by atoms with E-state index in [9.17, 15) is 14.4 Å². The molecule has 2 aliphatic rings. The molecule has 1 saturated carbocycles. The van der Waals surface area contributed by atoms with Crippen LogP contribution >= 0.6 is 0 Å². The Bertz CT molecular complexity index is 1350. The number of urea groups is 1. The number of carbonyl (C=O) groups excluding carboxylic acids is 3. The van der Waals surface area contributed by atoms with Crippen molar-refractivity contribution in [2.45, 2.75) is 44.7 Å². The SMILES string of the molecule is N#Cc1ccc(Cn2cc(C=C3C(=O)NC(=O)N(C4CCCCC4)C3=O)c3ccccc32)cc1. The lowest BCUT2D eigenvalue weighted by Crippen LogP contribution is -2.58. The van der Waals surface area contributed by atoms with Crippen molar-refractivity contribution in [3.8, 4) is 6.07 Å². The molecule has 34 heavy (non-hydrogen) atoms. The molecule has 0 bridgehead atoms. The summed E-state index contributed by atoms with van der Waals surface area (Å²) < 4.78 is 2.05. The molecule has 1 aliphatic carbocycles. The minimum Gasteiger partial charge on any atom is -0.342 e. The second-order valence-corrected chi connectivity index (χ2v) is 8.82. The highest BCUT2D eigenvalue weighted by Crippen LogP contribution is 2.29. The number of barbiturate groups is 1. The smallest absolute Gasteiger partial charge is 0.331 e. The predicted molar refractivity (Wildman–Crippen MR) is 127 cm³/mol. The number of rotatable bonds is 4. The highest BCUT2D eigenvalue weighted by molar-refractivity contribution is 6.31. The average molecular weight is 453 g/mol. The van der Waals surface area contributed by atoms with E-state index in [1.54, 1.807) is 18.2 Å². The first-order valence-corrected chi connectivity index (χ1v) is 11.5. The molecule has 0 unspecified atom stereocenters. The van der Waals surface area contributed by atoms with Gasteiger partial charge in [-0.1, -0.05) is 49.6 Å². The Morgan fingerprint density at radius 2 is 1.74 bits per heavy atom. The van der Waals surface area contributed by atoms with Crippen LogP contribution in [-0.2, 0) is 16.1 Å². The number of hydrogen-bond acceptors (Lipinski definition) is 4. The molecule has 1 aliphatic heterocycles. The summed E-state index contributed by atoms with van der Waals surface area (Å²) in [5, 5.41) is 12.3. The Morgan fingerprint density at radius 3 is 2.47 bits per heavy atom. The van der Waals surface area contributed by atoms with E-state index < -0.39 is 17.8 Å². The third kappa shape index (κ3) is 3.99. The van der Waals surface area contributed by atoms with E-state index in [1.165, 1.54) is 4.90 Å².